The Bertz CT molecular complexity index is 1620. The van der Waals surface area contributed by atoms with Gasteiger partial charge in [-0.1, -0.05) is 109 Å². The highest BCUT2D eigenvalue weighted by molar-refractivity contribution is 6.36. The van der Waals surface area contributed by atoms with Crippen LogP contribution in [0.3, 0.4) is 0 Å². The summed E-state index contributed by atoms with van der Waals surface area (Å²) in [5.74, 6) is 0.376. The van der Waals surface area contributed by atoms with E-state index in [-0.39, 0.29) is 5.91 Å². The Labute approximate surface area is 207 Å². The monoisotopic (exact) mass is 473 g/mol. The van der Waals surface area contributed by atoms with Gasteiger partial charge in [0.25, 0.3) is 5.91 Å². The van der Waals surface area contributed by atoms with Crippen molar-refractivity contribution in [2.45, 2.75) is 0 Å². The first-order valence-electron chi connectivity index (χ1n) is 11.3. The number of hydrogen-bond donors (Lipinski definition) is 1. The average Bonchev–Trinajstić information content (AvgIpc) is 3.44. The van der Waals surface area contributed by atoms with Gasteiger partial charge in [-0.05, 0) is 23.8 Å². The fourth-order valence-corrected chi connectivity index (χ4v) is 4.61. The number of aromatic amines is 1. The zero-order valence-electron chi connectivity index (χ0n) is 18.7. The molecule has 0 atom stereocenters. The van der Waals surface area contributed by atoms with Crippen molar-refractivity contribution in [2.75, 3.05) is 4.90 Å². The second-order valence-corrected chi connectivity index (χ2v) is 8.66. The molecule has 5 aromatic rings. The van der Waals surface area contributed by atoms with Crippen LogP contribution in [0, 0.1) is 0 Å². The van der Waals surface area contributed by atoms with Gasteiger partial charge < -0.3 is 4.98 Å². The lowest BCUT2D eigenvalue weighted by atomic mass is 10.1. The van der Waals surface area contributed by atoms with Crippen molar-refractivity contribution in [1.82, 2.24) is 4.98 Å². The highest BCUT2D eigenvalue weighted by Crippen LogP contribution is 2.41. The van der Waals surface area contributed by atoms with Crippen molar-refractivity contribution in [3.8, 4) is 11.3 Å². The molecule has 1 aromatic heterocycles. The fraction of sp³-hybridized carbons (Fsp3) is 0. The smallest absolute Gasteiger partial charge is 0.282 e. The number of para-hydroxylation sites is 1. The molecular weight excluding hydrogens is 454 g/mol. The average molecular weight is 474 g/mol. The van der Waals surface area contributed by atoms with Crippen molar-refractivity contribution in [3.63, 3.8) is 0 Å². The number of amides is 1. The van der Waals surface area contributed by atoms with E-state index in [1.165, 1.54) is 0 Å². The Morgan fingerprint density at radius 3 is 2.11 bits per heavy atom. The Morgan fingerprint density at radius 2 is 1.37 bits per heavy atom. The van der Waals surface area contributed by atoms with Crippen LogP contribution < -0.4 is 4.90 Å². The van der Waals surface area contributed by atoms with E-state index >= 15 is 0 Å². The predicted octanol–water partition coefficient (Wildman–Crippen LogP) is 7.32. The van der Waals surface area contributed by atoms with E-state index < -0.39 is 0 Å². The van der Waals surface area contributed by atoms with Gasteiger partial charge in [-0.2, -0.15) is 0 Å². The SMILES string of the molecule is O=C1/C(=C\c2ccccc2Cl)N=C(c2ccccc2)N1c1c(-c2ccccc2)[nH]c2ccccc12. The molecule has 0 saturated heterocycles. The van der Waals surface area contributed by atoms with Gasteiger partial charge in [0.2, 0.25) is 0 Å². The van der Waals surface area contributed by atoms with E-state index in [2.05, 4.69) is 4.98 Å². The van der Waals surface area contributed by atoms with E-state index in [1.54, 1.807) is 17.0 Å². The van der Waals surface area contributed by atoms with Gasteiger partial charge in [-0.15, -0.1) is 0 Å². The van der Waals surface area contributed by atoms with Gasteiger partial charge in [0.05, 0.1) is 11.4 Å². The number of fused-ring (bicyclic) bond motifs is 1. The third kappa shape index (κ3) is 3.74. The number of H-pyrrole nitrogens is 1. The van der Waals surface area contributed by atoms with Crippen LogP contribution in [-0.2, 0) is 4.79 Å². The molecule has 4 aromatic carbocycles. The van der Waals surface area contributed by atoms with Crippen LogP contribution in [0.5, 0.6) is 0 Å². The third-order valence-corrected chi connectivity index (χ3v) is 6.40. The number of carbonyl (C=O) groups is 1. The molecule has 5 heteroatoms. The maximum absolute atomic E-state index is 14.0. The summed E-state index contributed by atoms with van der Waals surface area (Å²) >= 11 is 6.40. The van der Waals surface area contributed by atoms with Crippen molar-refractivity contribution in [1.29, 1.82) is 0 Å². The summed E-state index contributed by atoms with van der Waals surface area (Å²) in [5, 5.41) is 1.52. The lowest BCUT2D eigenvalue weighted by Crippen LogP contribution is -2.33. The summed E-state index contributed by atoms with van der Waals surface area (Å²) in [5.41, 5.74) is 5.52. The van der Waals surface area contributed by atoms with E-state index in [0.717, 1.165) is 39.0 Å². The summed E-state index contributed by atoms with van der Waals surface area (Å²) in [6.45, 7) is 0. The minimum Gasteiger partial charge on any atom is -0.353 e. The molecule has 0 spiro atoms. The Morgan fingerprint density at radius 1 is 0.743 bits per heavy atom. The molecule has 1 aliphatic heterocycles. The Balaban J connectivity index is 1.60. The maximum atomic E-state index is 14.0. The fourth-order valence-electron chi connectivity index (χ4n) is 4.42. The van der Waals surface area contributed by atoms with Gasteiger partial charge in [0.1, 0.15) is 11.5 Å². The molecule has 2 heterocycles. The summed E-state index contributed by atoms with van der Waals surface area (Å²) in [6.07, 6.45) is 1.75. The normalized spacial score (nSPS) is 14.7. The number of nitrogens with one attached hydrogen (secondary N) is 1. The summed E-state index contributed by atoms with van der Waals surface area (Å²) in [7, 11) is 0. The van der Waals surface area contributed by atoms with Gasteiger partial charge in [-0.25, -0.2) is 4.99 Å². The number of hydrogen-bond acceptors (Lipinski definition) is 2. The molecule has 0 unspecified atom stereocenters. The highest BCUT2D eigenvalue weighted by atomic mass is 35.5. The van der Waals surface area contributed by atoms with Crippen LogP contribution in [-0.4, -0.2) is 16.7 Å². The Kier molecular flexibility index (Phi) is 5.28. The summed E-state index contributed by atoms with van der Waals surface area (Å²) in [6, 6.07) is 35.3. The minimum atomic E-state index is -0.203. The van der Waals surface area contributed by atoms with Crippen molar-refractivity contribution < 1.29 is 4.79 Å². The molecule has 1 amide bonds. The van der Waals surface area contributed by atoms with Crippen LogP contribution in [0.25, 0.3) is 28.2 Å². The van der Waals surface area contributed by atoms with Crippen LogP contribution >= 0.6 is 11.6 Å². The number of aliphatic imine (C=N–C) groups is 1. The lowest BCUT2D eigenvalue weighted by Gasteiger charge is -2.20. The van der Waals surface area contributed by atoms with Gasteiger partial charge in [0, 0.05) is 27.1 Å². The second-order valence-electron chi connectivity index (χ2n) is 8.25. The van der Waals surface area contributed by atoms with Gasteiger partial charge in [-0.3, -0.25) is 9.69 Å². The molecule has 1 N–H and O–H groups in total. The molecule has 0 radical (unpaired) electrons. The first-order chi connectivity index (χ1) is 17.2. The van der Waals surface area contributed by atoms with E-state index in [1.807, 2.05) is 103 Å². The van der Waals surface area contributed by atoms with Gasteiger partial charge >= 0.3 is 0 Å². The first-order valence-corrected chi connectivity index (χ1v) is 11.7. The zero-order chi connectivity index (χ0) is 23.8. The molecule has 1 aliphatic rings. The van der Waals surface area contributed by atoms with Crippen LogP contribution in [0.1, 0.15) is 11.1 Å². The van der Waals surface area contributed by atoms with E-state index in [9.17, 15) is 4.79 Å². The molecule has 0 fully saturated rings. The molecule has 0 saturated carbocycles. The molecule has 0 bridgehead atoms. The van der Waals surface area contributed by atoms with Crippen LogP contribution in [0.15, 0.2) is 120 Å². The van der Waals surface area contributed by atoms with Crippen molar-refractivity contribution in [2.24, 2.45) is 4.99 Å². The standard InChI is InChI=1S/C30H20ClN3O/c31-24-17-9-7-15-22(24)19-26-30(35)34(29(33-26)21-13-5-2-6-14-21)28-23-16-8-10-18-25(23)32-27(28)20-11-3-1-4-12-20/h1-19,32H/b26-19+. The van der Waals surface area contributed by atoms with Crippen LogP contribution in [0.2, 0.25) is 5.02 Å². The number of carbonyl (C=O) groups excluding carboxylic acids is 1. The van der Waals surface area contributed by atoms with E-state index in [0.29, 0.717) is 16.6 Å². The number of anilines is 1. The highest BCUT2D eigenvalue weighted by Gasteiger charge is 2.36. The molecule has 4 nitrogen and oxygen atoms in total. The van der Waals surface area contributed by atoms with Crippen molar-refractivity contribution in [3.05, 3.63) is 131 Å². The van der Waals surface area contributed by atoms with Crippen LogP contribution in [0.4, 0.5) is 5.69 Å². The third-order valence-electron chi connectivity index (χ3n) is 6.05. The predicted molar refractivity (Wildman–Crippen MR) is 144 cm³/mol. The number of aromatic nitrogens is 1. The Hall–Kier alpha value is -4.41. The number of rotatable bonds is 4. The summed E-state index contributed by atoms with van der Waals surface area (Å²) in [4.78, 5) is 24.1. The number of benzene rings is 4. The molecule has 168 valence electrons. The number of nitrogens with zero attached hydrogens (tertiary/aromatic N) is 2. The number of amidine groups is 1. The molecule has 6 rings (SSSR count). The summed E-state index contributed by atoms with van der Waals surface area (Å²) < 4.78 is 0. The quantitative estimate of drug-likeness (QED) is 0.273. The topological polar surface area (TPSA) is 48.5 Å². The molecule has 35 heavy (non-hydrogen) atoms. The van der Waals surface area contributed by atoms with E-state index in [4.69, 9.17) is 16.6 Å². The number of halogens is 1. The minimum absolute atomic E-state index is 0.203. The largest absolute Gasteiger partial charge is 0.353 e. The van der Waals surface area contributed by atoms with Gasteiger partial charge in [0.15, 0.2) is 0 Å². The lowest BCUT2D eigenvalue weighted by molar-refractivity contribution is -0.113. The second kappa shape index (κ2) is 8.75. The maximum Gasteiger partial charge on any atom is 0.282 e. The molecule has 0 aliphatic carbocycles. The zero-order valence-corrected chi connectivity index (χ0v) is 19.4. The molecular formula is C30H20ClN3O. The van der Waals surface area contributed by atoms with Crippen molar-refractivity contribution >= 4 is 46.0 Å². The first kappa shape index (κ1) is 21.1.